The number of allylic oxidation sites excluding steroid dienone is 4. The van der Waals surface area contributed by atoms with E-state index in [0.29, 0.717) is 5.57 Å². The van der Waals surface area contributed by atoms with Crippen LogP contribution in [-0.4, -0.2) is 42.9 Å². The lowest BCUT2D eigenvalue weighted by molar-refractivity contribution is -0.142. The van der Waals surface area contributed by atoms with E-state index in [1.54, 1.807) is 6.08 Å². The number of hydrogen-bond donors (Lipinski definition) is 0. The van der Waals surface area contributed by atoms with Crippen LogP contribution in [-0.2, 0) is 42.9 Å². The van der Waals surface area contributed by atoms with Crippen molar-refractivity contribution in [3.05, 3.63) is 47.5 Å². The number of ketones is 1. The molecule has 0 fully saturated rings. The lowest BCUT2D eigenvalue weighted by Crippen LogP contribution is -2.10. The van der Waals surface area contributed by atoms with Gasteiger partial charge < -0.3 is 18.9 Å². The summed E-state index contributed by atoms with van der Waals surface area (Å²) >= 11 is 0. The molecule has 37 heavy (non-hydrogen) atoms. The number of rotatable bonds is 17. The van der Waals surface area contributed by atoms with Crippen LogP contribution in [0.4, 0.5) is 0 Å². The third kappa shape index (κ3) is 21.5. The Balaban J connectivity index is 4.69. The van der Waals surface area contributed by atoms with Gasteiger partial charge >= 0.3 is 23.9 Å². The van der Waals surface area contributed by atoms with E-state index in [1.807, 2.05) is 19.9 Å². The minimum absolute atomic E-state index is 0.0189. The van der Waals surface area contributed by atoms with Crippen LogP contribution < -0.4 is 0 Å². The molecule has 206 valence electrons. The van der Waals surface area contributed by atoms with Crippen LogP contribution in [0.3, 0.4) is 0 Å². The van der Waals surface area contributed by atoms with Crippen molar-refractivity contribution in [2.24, 2.45) is 5.92 Å². The molecule has 0 heterocycles. The monoisotopic (exact) mass is 520 g/mol. The summed E-state index contributed by atoms with van der Waals surface area (Å²) in [4.78, 5) is 56.5. The van der Waals surface area contributed by atoms with E-state index in [0.717, 1.165) is 31.3 Å². The lowest BCUT2D eigenvalue weighted by atomic mass is 10.0. The van der Waals surface area contributed by atoms with Crippen LogP contribution in [0.5, 0.6) is 0 Å². The SMILES string of the molecule is CC(=O)O/C=C(\COC(C)=O)CC(=O)C/C(C)=C/CC/C(C)=C/CC[C@H](/C=C/OC(C)=O)COC(C)=O. The van der Waals surface area contributed by atoms with E-state index in [2.05, 4.69) is 6.08 Å². The predicted molar refractivity (Wildman–Crippen MR) is 138 cm³/mol. The van der Waals surface area contributed by atoms with E-state index in [9.17, 15) is 24.0 Å². The van der Waals surface area contributed by atoms with Crippen molar-refractivity contribution in [2.45, 2.75) is 80.1 Å². The summed E-state index contributed by atoms with van der Waals surface area (Å²) in [5, 5.41) is 0. The van der Waals surface area contributed by atoms with Gasteiger partial charge in [0.05, 0.1) is 19.1 Å². The first-order valence-corrected chi connectivity index (χ1v) is 12.2. The van der Waals surface area contributed by atoms with Gasteiger partial charge in [-0.15, -0.1) is 0 Å². The molecule has 0 rings (SSSR count). The molecule has 0 aliphatic carbocycles. The molecule has 0 aliphatic rings. The van der Waals surface area contributed by atoms with Crippen LogP contribution in [0, 0.1) is 5.92 Å². The largest absolute Gasteiger partial charge is 0.465 e. The van der Waals surface area contributed by atoms with E-state index >= 15 is 0 Å². The summed E-state index contributed by atoms with van der Waals surface area (Å²) < 4.78 is 19.6. The van der Waals surface area contributed by atoms with Crippen LogP contribution in [0.25, 0.3) is 0 Å². The minimum Gasteiger partial charge on any atom is -0.465 e. The van der Waals surface area contributed by atoms with Crippen LogP contribution in [0.1, 0.15) is 80.1 Å². The van der Waals surface area contributed by atoms with Gasteiger partial charge in [0, 0.05) is 52.0 Å². The summed E-state index contributed by atoms with van der Waals surface area (Å²) in [6.45, 7) is 9.20. The van der Waals surface area contributed by atoms with Crippen molar-refractivity contribution in [2.75, 3.05) is 13.2 Å². The highest BCUT2D eigenvalue weighted by molar-refractivity contribution is 5.83. The van der Waals surface area contributed by atoms with Crippen molar-refractivity contribution in [1.82, 2.24) is 0 Å². The number of carbonyl (C=O) groups excluding carboxylic acids is 5. The highest BCUT2D eigenvalue weighted by Gasteiger charge is 2.11. The molecule has 9 heteroatoms. The van der Waals surface area contributed by atoms with Gasteiger partial charge in [-0.3, -0.25) is 24.0 Å². The maximum atomic E-state index is 12.4. The molecule has 0 saturated carbocycles. The normalized spacial score (nSPS) is 13.2. The smallest absolute Gasteiger partial charge is 0.307 e. The quantitative estimate of drug-likeness (QED) is 0.112. The third-order valence-electron chi connectivity index (χ3n) is 4.90. The zero-order valence-corrected chi connectivity index (χ0v) is 22.8. The van der Waals surface area contributed by atoms with Gasteiger partial charge in [-0.2, -0.15) is 0 Å². The Morgan fingerprint density at radius 2 is 1.32 bits per heavy atom. The molecule has 0 radical (unpaired) electrons. The number of Topliss-reactive ketones (excluding diaryl/α,β-unsaturated/α-hetero) is 1. The Bertz CT molecular complexity index is 907. The molecule has 0 spiro atoms. The summed E-state index contributed by atoms with van der Waals surface area (Å²) in [5.74, 6) is -1.93. The number of hydrogen-bond acceptors (Lipinski definition) is 9. The van der Waals surface area contributed by atoms with Gasteiger partial charge in [0.2, 0.25) is 0 Å². The van der Waals surface area contributed by atoms with E-state index in [1.165, 1.54) is 45.8 Å². The molecular formula is C28H40O9. The molecule has 9 nitrogen and oxygen atoms in total. The van der Waals surface area contributed by atoms with Crippen molar-refractivity contribution < 1.29 is 42.9 Å². The first-order chi connectivity index (χ1) is 17.4. The molecule has 0 amide bonds. The van der Waals surface area contributed by atoms with Crippen LogP contribution in [0.2, 0.25) is 0 Å². The maximum absolute atomic E-state index is 12.4. The Labute approximate surface area is 219 Å². The van der Waals surface area contributed by atoms with Crippen LogP contribution >= 0.6 is 0 Å². The standard InChI is InChI=1S/C28H40O9/c1-20(10-8-12-26(17-35-23(4)30)13-14-34-22(3)29)9-7-11-21(2)15-28(33)16-27(18-36-24(5)31)19-37-25(6)32/h10-11,13-14,18,26H,7-9,12,15-17,19H2,1-6H3/b14-13+,20-10+,21-11+,27-18-/t26-/m1/s1. The summed E-state index contributed by atoms with van der Waals surface area (Å²) in [6.07, 6.45) is 11.7. The second kappa shape index (κ2) is 19.7. The molecule has 0 aromatic heterocycles. The fourth-order valence-corrected chi connectivity index (χ4v) is 3.08. The first-order valence-electron chi connectivity index (χ1n) is 12.2. The fourth-order valence-electron chi connectivity index (χ4n) is 3.08. The molecule has 0 aromatic carbocycles. The summed E-state index contributed by atoms with van der Waals surface area (Å²) in [6, 6.07) is 0. The molecule has 0 N–H and O–H groups in total. The van der Waals surface area contributed by atoms with Crippen molar-refractivity contribution in [1.29, 1.82) is 0 Å². The van der Waals surface area contributed by atoms with Crippen molar-refractivity contribution in [3.63, 3.8) is 0 Å². The first kappa shape index (κ1) is 33.5. The molecule has 0 unspecified atom stereocenters. The number of esters is 4. The fraction of sp³-hybridized carbons (Fsp3) is 0.536. The van der Waals surface area contributed by atoms with Crippen molar-refractivity contribution in [3.8, 4) is 0 Å². The van der Waals surface area contributed by atoms with Gasteiger partial charge in [-0.1, -0.05) is 23.3 Å². The Kier molecular flexibility index (Phi) is 17.8. The minimum atomic E-state index is -0.523. The second-order valence-corrected chi connectivity index (χ2v) is 8.78. The molecule has 0 bridgehead atoms. The van der Waals surface area contributed by atoms with Gasteiger partial charge in [-0.05, 0) is 45.6 Å². The molecule has 1 atom stereocenters. The van der Waals surface area contributed by atoms with Gasteiger partial charge in [0.15, 0.2) is 0 Å². The maximum Gasteiger partial charge on any atom is 0.307 e. The topological polar surface area (TPSA) is 122 Å². The highest BCUT2D eigenvalue weighted by atomic mass is 16.5. The molecular weight excluding hydrogens is 480 g/mol. The highest BCUT2D eigenvalue weighted by Crippen LogP contribution is 2.16. The number of ether oxygens (including phenoxy) is 4. The number of carbonyl (C=O) groups is 5. The average Bonchev–Trinajstić information content (AvgIpc) is 2.78. The summed E-state index contributed by atoms with van der Waals surface area (Å²) in [7, 11) is 0. The van der Waals surface area contributed by atoms with E-state index < -0.39 is 17.9 Å². The average molecular weight is 521 g/mol. The molecule has 0 aliphatic heterocycles. The van der Waals surface area contributed by atoms with Crippen LogP contribution in [0.15, 0.2) is 47.5 Å². The van der Waals surface area contributed by atoms with Crippen molar-refractivity contribution >= 4 is 29.7 Å². The van der Waals surface area contributed by atoms with E-state index in [4.69, 9.17) is 18.9 Å². The van der Waals surface area contributed by atoms with E-state index in [-0.39, 0.29) is 43.7 Å². The Morgan fingerprint density at radius 1 is 0.703 bits per heavy atom. The molecule has 0 aromatic rings. The lowest BCUT2D eigenvalue weighted by Gasteiger charge is -2.11. The zero-order chi connectivity index (χ0) is 28.2. The second-order valence-electron chi connectivity index (χ2n) is 8.78. The predicted octanol–water partition coefficient (Wildman–Crippen LogP) is 5.05. The van der Waals surface area contributed by atoms with Gasteiger partial charge in [-0.25, -0.2) is 0 Å². The van der Waals surface area contributed by atoms with Gasteiger partial charge in [0.1, 0.15) is 12.4 Å². The summed E-state index contributed by atoms with van der Waals surface area (Å²) in [5.41, 5.74) is 2.53. The zero-order valence-electron chi connectivity index (χ0n) is 22.8. The van der Waals surface area contributed by atoms with Gasteiger partial charge in [0.25, 0.3) is 0 Å². The Morgan fingerprint density at radius 3 is 1.92 bits per heavy atom. The third-order valence-corrected chi connectivity index (χ3v) is 4.90. The Hall–Kier alpha value is -3.49. The molecule has 0 saturated heterocycles.